The van der Waals surface area contributed by atoms with Gasteiger partial charge in [-0.15, -0.1) is 0 Å². The van der Waals surface area contributed by atoms with Crippen LogP contribution in [-0.2, 0) is 6.61 Å². The first-order chi connectivity index (χ1) is 18.0. The van der Waals surface area contributed by atoms with E-state index in [1.54, 1.807) is 59.1 Å². The van der Waals surface area contributed by atoms with Gasteiger partial charge in [-0.05, 0) is 57.2 Å². The largest absolute Gasteiger partial charge is 0.496 e. The Hall–Kier alpha value is -3.62. The first-order valence-corrected chi connectivity index (χ1v) is 12.6. The van der Waals surface area contributed by atoms with Gasteiger partial charge in [0, 0.05) is 57.1 Å². The van der Waals surface area contributed by atoms with Crippen molar-refractivity contribution in [3.8, 4) is 39.6 Å². The molecule has 0 atom stereocenters. The standard InChI is InChI=1S/C28H25Cl2FN4O3/c1-28(2,3)34(4)27(36)24-21-14-38-23-13-22(37-5)19(18-7-6-8-32-26(18)31)12-20(23)25(21)35(33-24)17-10-15(29)9-16(30)11-17/h6-13H,14H2,1-5H3. The number of fused-ring (bicyclic) bond motifs is 3. The summed E-state index contributed by atoms with van der Waals surface area (Å²) in [4.78, 5) is 19.1. The Kier molecular flexibility index (Phi) is 6.57. The van der Waals surface area contributed by atoms with Crippen LogP contribution < -0.4 is 9.47 Å². The van der Waals surface area contributed by atoms with Gasteiger partial charge in [0.2, 0.25) is 5.95 Å². The number of rotatable bonds is 4. The predicted octanol–water partition coefficient (Wildman–Crippen LogP) is 6.82. The topological polar surface area (TPSA) is 69.5 Å². The quantitative estimate of drug-likeness (QED) is 0.259. The fourth-order valence-corrected chi connectivity index (χ4v) is 4.84. The third kappa shape index (κ3) is 4.48. The van der Waals surface area contributed by atoms with E-state index in [0.29, 0.717) is 49.6 Å². The summed E-state index contributed by atoms with van der Waals surface area (Å²) in [5.74, 6) is 0.0137. The van der Waals surface area contributed by atoms with Crippen LogP contribution in [0.1, 0.15) is 36.8 Å². The maximum absolute atomic E-state index is 14.8. The summed E-state index contributed by atoms with van der Waals surface area (Å²) in [6, 6.07) is 11.8. The molecule has 1 aliphatic heterocycles. The number of pyridine rings is 1. The van der Waals surface area contributed by atoms with Crippen LogP contribution in [0.25, 0.3) is 28.1 Å². The minimum absolute atomic E-state index is 0.0967. The van der Waals surface area contributed by atoms with E-state index in [4.69, 9.17) is 37.8 Å². The number of hydrogen-bond donors (Lipinski definition) is 0. The number of benzene rings is 2. The van der Waals surface area contributed by atoms with E-state index in [9.17, 15) is 9.18 Å². The molecular weight excluding hydrogens is 530 g/mol. The number of halogens is 3. The number of ether oxygens (including phenoxy) is 2. The fourth-order valence-electron chi connectivity index (χ4n) is 4.33. The molecule has 0 saturated heterocycles. The van der Waals surface area contributed by atoms with E-state index in [0.717, 1.165) is 0 Å². The van der Waals surface area contributed by atoms with Crippen molar-refractivity contribution in [1.29, 1.82) is 0 Å². The molecule has 0 unspecified atom stereocenters. The van der Waals surface area contributed by atoms with Gasteiger partial charge in [0.05, 0.1) is 18.5 Å². The Morgan fingerprint density at radius 1 is 1.11 bits per heavy atom. The molecule has 1 aliphatic rings. The molecule has 0 fully saturated rings. The lowest BCUT2D eigenvalue weighted by Crippen LogP contribution is -2.43. The molecule has 10 heteroatoms. The molecule has 2 aromatic carbocycles. The van der Waals surface area contributed by atoms with Crippen molar-refractivity contribution in [1.82, 2.24) is 19.7 Å². The summed E-state index contributed by atoms with van der Waals surface area (Å²) < 4.78 is 28.1. The highest BCUT2D eigenvalue weighted by Gasteiger charge is 2.35. The molecule has 1 amide bonds. The number of amides is 1. The van der Waals surface area contributed by atoms with E-state index in [-0.39, 0.29) is 23.8 Å². The number of hydrogen-bond acceptors (Lipinski definition) is 5. The van der Waals surface area contributed by atoms with Crippen molar-refractivity contribution in [2.75, 3.05) is 14.2 Å². The zero-order chi connectivity index (χ0) is 27.4. The summed E-state index contributed by atoms with van der Waals surface area (Å²) in [7, 11) is 3.24. The van der Waals surface area contributed by atoms with Crippen LogP contribution in [0.15, 0.2) is 48.7 Å². The first kappa shape index (κ1) is 26.0. The van der Waals surface area contributed by atoms with E-state index in [1.165, 1.54) is 13.3 Å². The second kappa shape index (κ2) is 9.60. The Balaban J connectivity index is 1.81. The molecule has 0 saturated carbocycles. The van der Waals surface area contributed by atoms with Gasteiger partial charge in [-0.25, -0.2) is 9.67 Å². The van der Waals surface area contributed by atoms with Crippen molar-refractivity contribution in [2.45, 2.75) is 32.9 Å². The molecule has 0 radical (unpaired) electrons. The SMILES string of the molecule is COc1cc2c(cc1-c1cccnc1F)-c1c(c(C(=O)N(C)C(C)(C)C)nn1-c1cc(Cl)cc(Cl)c1)CO2. The summed E-state index contributed by atoms with van der Waals surface area (Å²) in [5.41, 5.74) is 2.91. The number of nitrogens with zero attached hydrogens (tertiary/aromatic N) is 4. The van der Waals surface area contributed by atoms with E-state index in [2.05, 4.69) is 4.98 Å². The maximum Gasteiger partial charge on any atom is 0.274 e. The van der Waals surface area contributed by atoms with Crippen LogP contribution in [0, 0.1) is 5.95 Å². The Morgan fingerprint density at radius 2 is 1.82 bits per heavy atom. The lowest BCUT2D eigenvalue weighted by molar-refractivity contribution is 0.0646. The van der Waals surface area contributed by atoms with Crippen LogP contribution >= 0.6 is 23.2 Å². The van der Waals surface area contributed by atoms with Gasteiger partial charge < -0.3 is 14.4 Å². The molecule has 3 heterocycles. The Bertz CT molecular complexity index is 1560. The third-order valence-electron chi connectivity index (χ3n) is 6.57. The highest BCUT2D eigenvalue weighted by molar-refractivity contribution is 6.34. The Labute approximate surface area is 229 Å². The highest BCUT2D eigenvalue weighted by Crippen LogP contribution is 2.46. The van der Waals surface area contributed by atoms with Crippen molar-refractivity contribution >= 4 is 29.1 Å². The second-order valence-corrected chi connectivity index (χ2v) is 10.8. The predicted molar refractivity (Wildman–Crippen MR) is 145 cm³/mol. The molecule has 0 N–H and O–H groups in total. The van der Waals surface area contributed by atoms with E-state index < -0.39 is 11.5 Å². The van der Waals surface area contributed by atoms with Crippen LogP contribution in [0.5, 0.6) is 11.5 Å². The van der Waals surface area contributed by atoms with Crippen molar-refractivity contribution in [3.05, 3.63) is 75.9 Å². The summed E-state index contributed by atoms with van der Waals surface area (Å²) in [6.07, 6.45) is 1.38. The van der Waals surface area contributed by atoms with E-state index >= 15 is 0 Å². The van der Waals surface area contributed by atoms with Gasteiger partial charge >= 0.3 is 0 Å². The summed E-state index contributed by atoms with van der Waals surface area (Å²) in [5, 5.41) is 5.58. The lowest BCUT2D eigenvalue weighted by Gasteiger charge is -2.31. The third-order valence-corrected chi connectivity index (χ3v) is 7.00. The minimum atomic E-state index is -0.638. The molecule has 0 bridgehead atoms. The van der Waals surface area contributed by atoms with E-state index in [1.807, 2.05) is 20.8 Å². The molecule has 38 heavy (non-hydrogen) atoms. The molecule has 5 rings (SSSR count). The highest BCUT2D eigenvalue weighted by atomic mass is 35.5. The van der Waals surface area contributed by atoms with Gasteiger partial charge in [-0.2, -0.15) is 9.49 Å². The number of methoxy groups -OCH3 is 1. The van der Waals surface area contributed by atoms with Crippen LogP contribution in [0.3, 0.4) is 0 Å². The zero-order valence-electron chi connectivity index (χ0n) is 21.5. The first-order valence-electron chi connectivity index (χ1n) is 11.8. The van der Waals surface area contributed by atoms with Crippen molar-refractivity contribution in [3.63, 3.8) is 0 Å². The van der Waals surface area contributed by atoms with Crippen LogP contribution in [-0.4, -0.2) is 45.3 Å². The number of carbonyl (C=O) groups excluding carboxylic acids is 1. The molecule has 4 aromatic rings. The fraction of sp³-hybridized carbons (Fsp3) is 0.250. The molecule has 2 aromatic heterocycles. The monoisotopic (exact) mass is 554 g/mol. The molecular formula is C28H25Cl2FN4O3. The van der Waals surface area contributed by atoms with Gasteiger partial charge in [0.25, 0.3) is 5.91 Å². The molecule has 7 nitrogen and oxygen atoms in total. The Morgan fingerprint density at radius 3 is 2.45 bits per heavy atom. The molecule has 196 valence electrons. The van der Waals surface area contributed by atoms with Crippen molar-refractivity contribution < 1.29 is 18.7 Å². The van der Waals surface area contributed by atoms with Crippen LogP contribution in [0.4, 0.5) is 4.39 Å². The van der Waals surface area contributed by atoms with Crippen molar-refractivity contribution in [2.24, 2.45) is 0 Å². The summed E-state index contributed by atoms with van der Waals surface area (Å²) in [6.45, 7) is 5.92. The van der Waals surface area contributed by atoms with Gasteiger partial charge in [-0.1, -0.05) is 23.2 Å². The average Bonchev–Trinajstić information content (AvgIpc) is 3.26. The minimum Gasteiger partial charge on any atom is -0.496 e. The maximum atomic E-state index is 14.8. The van der Waals surface area contributed by atoms with Crippen LogP contribution in [0.2, 0.25) is 10.0 Å². The smallest absolute Gasteiger partial charge is 0.274 e. The zero-order valence-corrected chi connectivity index (χ0v) is 23.0. The van der Waals surface area contributed by atoms with Gasteiger partial charge in [0.1, 0.15) is 18.1 Å². The lowest BCUT2D eigenvalue weighted by atomic mass is 9.96. The molecule has 0 aliphatic carbocycles. The molecule has 0 spiro atoms. The average molecular weight is 555 g/mol. The second-order valence-electron chi connectivity index (χ2n) is 9.93. The number of carbonyl (C=O) groups is 1. The van der Waals surface area contributed by atoms with Gasteiger partial charge in [-0.3, -0.25) is 4.79 Å². The number of aromatic nitrogens is 3. The van der Waals surface area contributed by atoms with Gasteiger partial charge in [0.15, 0.2) is 5.69 Å². The summed E-state index contributed by atoms with van der Waals surface area (Å²) >= 11 is 12.7. The normalized spacial score (nSPS) is 12.4.